The van der Waals surface area contributed by atoms with Crippen LogP contribution in [0.25, 0.3) is 0 Å². The Morgan fingerprint density at radius 1 is 1.17 bits per heavy atom. The van der Waals surface area contributed by atoms with Gasteiger partial charge in [0.05, 0.1) is 42.3 Å². The van der Waals surface area contributed by atoms with Crippen molar-refractivity contribution >= 4 is 21.7 Å². The van der Waals surface area contributed by atoms with Crippen LogP contribution in [-0.4, -0.2) is 28.1 Å². The molecule has 0 bridgehead atoms. The quantitative estimate of drug-likeness (QED) is 0.674. The number of hydrogen-bond acceptors (Lipinski definition) is 5. The van der Waals surface area contributed by atoms with Gasteiger partial charge in [-0.25, -0.2) is 8.42 Å². The van der Waals surface area contributed by atoms with E-state index in [2.05, 4.69) is 0 Å². The number of benzene rings is 2. The highest BCUT2D eigenvalue weighted by molar-refractivity contribution is 7.93. The summed E-state index contributed by atoms with van der Waals surface area (Å²) in [6.07, 6.45) is -5.09. The molecule has 2 aromatic rings. The molecular formula is C19H18F3NO5S. The number of rotatable bonds is 5. The van der Waals surface area contributed by atoms with Gasteiger partial charge < -0.3 is 9.47 Å². The monoisotopic (exact) mass is 429 g/mol. The molecule has 0 fully saturated rings. The number of carbonyl (C=O) groups is 1. The second-order valence-corrected chi connectivity index (χ2v) is 8.06. The Kier molecular flexibility index (Phi) is 5.48. The van der Waals surface area contributed by atoms with Gasteiger partial charge in [-0.05, 0) is 42.8 Å². The predicted molar refractivity (Wildman–Crippen MR) is 98.1 cm³/mol. The first-order chi connectivity index (χ1) is 13.6. The summed E-state index contributed by atoms with van der Waals surface area (Å²) in [5.74, 6) is -0.356. The molecule has 0 aromatic heterocycles. The van der Waals surface area contributed by atoms with Crippen molar-refractivity contribution in [2.75, 3.05) is 18.0 Å². The van der Waals surface area contributed by atoms with Gasteiger partial charge in [-0.1, -0.05) is 6.07 Å². The van der Waals surface area contributed by atoms with E-state index in [0.29, 0.717) is 11.8 Å². The average molecular weight is 429 g/mol. The van der Waals surface area contributed by atoms with Gasteiger partial charge in [0.2, 0.25) is 0 Å². The molecule has 0 radical (unpaired) electrons. The Bertz CT molecular complexity index is 1040. The molecule has 1 heterocycles. The number of methoxy groups -OCH3 is 1. The van der Waals surface area contributed by atoms with Crippen molar-refractivity contribution in [3.8, 4) is 5.75 Å². The normalized spacial score (nSPS) is 17.7. The zero-order valence-electron chi connectivity index (χ0n) is 15.6. The van der Waals surface area contributed by atoms with Crippen molar-refractivity contribution in [3.05, 3.63) is 53.6 Å². The summed E-state index contributed by atoms with van der Waals surface area (Å²) in [6.45, 7) is 1.64. The standard InChI is InChI=1S/C19H18F3NO5S/c1-3-28-18(24)11-16-15-9-12(19(20,21)22)7-8-17(15)29(25,26)23(16)13-5-4-6-14(10-13)27-2/h4-10,16H,3,11H2,1-2H3/t16-/m0/s1. The van der Waals surface area contributed by atoms with Crippen LogP contribution < -0.4 is 9.04 Å². The Morgan fingerprint density at radius 3 is 2.52 bits per heavy atom. The minimum Gasteiger partial charge on any atom is -0.497 e. The third-order valence-corrected chi connectivity index (χ3v) is 6.40. The van der Waals surface area contributed by atoms with Crippen LogP contribution >= 0.6 is 0 Å². The van der Waals surface area contributed by atoms with Crippen molar-refractivity contribution < 1.29 is 35.9 Å². The molecule has 3 rings (SSSR count). The number of carbonyl (C=O) groups excluding carboxylic acids is 1. The van der Waals surface area contributed by atoms with Gasteiger partial charge >= 0.3 is 12.1 Å². The third kappa shape index (κ3) is 3.89. The van der Waals surface area contributed by atoms with Crippen molar-refractivity contribution in [2.24, 2.45) is 0 Å². The lowest BCUT2D eigenvalue weighted by atomic mass is 10.0. The molecule has 10 heteroatoms. The Labute approximate surface area is 165 Å². The van der Waals surface area contributed by atoms with Crippen molar-refractivity contribution in [2.45, 2.75) is 30.5 Å². The van der Waals surface area contributed by atoms with Crippen LogP contribution in [0.4, 0.5) is 18.9 Å². The van der Waals surface area contributed by atoms with Crippen molar-refractivity contribution in [1.82, 2.24) is 0 Å². The first-order valence-electron chi connectivity index (χ1n) is 8.65. The molecule has 0 unspecified atom stereocenters. The number of halogens is 3. The summed E-state index contributed by atoms with van der Waals surface area (Å²) in [6, 6.07) is 7.30. The molecule has 1 aliphatic rings. The molecule has 0 saturated carbocycles. The predicted octanol–water partition coefficient (Wildman–Crippen LogP) is 3.92. The second-order valence-electron chi connectivity index (χ2n) is 6.28. The Hall–Kier alpha value is -2.75. The number of sulfonamides is 1. The van der Waals surface area contributed by atoms with Crippen LogP contribution in [-0.2, 0) is 25.7 Å². The molecule has 156 valence electrons. The van der Waals surface area contributed by atoms with Crippen LogP contribution in [0.15, 0.2) is 47.4 Å². The molecule has 1 atom stereocenters. The van der Waals surface area contributed by atoms with E-state index in [1.54, 1.807) is 19.1 Å². The number of alkyl halides is 3. The lowest BCUT2D eigenvalue weighted by Crippen LogP contribution is -2.30. The van der Waals surface area contributed by atoms with Crippen molar-refractivity contribution in [1.29, 1.82) is 0 Å². The van der Waals surface area contributed by atoms with Gasteiger partial charge in [0.25, 0.3) is 10.0 Å². The Balaban J connectivity index is 2.18. The fourth-order valence-electron chi connectivity index (χ4n) is 3.26. The van der Waals surface area contributed by atoms with E-state index in [1.807, 2.05) is 0 Å². The van der Waals surface area contributed by atoms with Gasteiger partial charge in [0.15, 0.2) is 0 Å². The maximum Gasteiger partial charge on any atom is 0.416 e. The number of hydrogen-bond donors (Lipinski definition) is 0. The minimum absolute atomic E-state index is 0.0624. The summed E-state index contributed by atoms with van der Waals surface area (Å²) >= 11 is 0. The highest BCUT2D eigenvalue weighted by Crippen LogP contribution is 2.46. The van der Waals surface area contributed by atoms with Crippen LogP contribution in [0, 0.1) is 0 Å². The molecule has 0 saturated heterocycles. The lowest BCUT2D eigenvalue weighted by molar-refractivity contribution is -0.143. The Morgan fingerprint density at radius 2 is 1.90 bits per heavy atom. The maximum atomic E-state index is 13.2. The lowest BCUT2D eigenvalue weighted by Gasteiger charge is -2.25. The van der Waals surface area contributed by atoms with Gasteiger partial charge in [0.1, 0.15) is 5.75 Å². The zero-order valence-corrected chi connectivity index (χ0v) is 16.4. The fourth-order valence-corrected chi connectivity index (χ4v) is 5.12. The van der Waals surface area contributed by atoms with Gasteiger partial charge in [-0.15, -0.1) is 0 Å². The fraction of sp³-hybridized carbons (Fsp3) is 0.316. The number of anilines is 1. The van der Waals surface area contributed by atoms with Crippen LogP contribution in [0.2, 0.25) is 0 Å². The van der Waals surface area contributed by atoms with E-state index >= 15 is 0 Å². The molecule has 0 N–H and O–H groups in total. The van der Waals surface area contributed by atoms with Crippen LogP contribution in [0.3, 0.4) is 0 Å². The third-order valence-electron chi connectivity index (χ3n) is 4.49. The van der Waals surface area contributed by atoms with Gasteiger partial charge in [-0.3, -0.25) is 9.10 Å². The molecule has 0 aliphatic carbocycles. The van der Waals surface area contributed by atoms with Crippen LogP contribution in [0.1, 0.15) is 30.5 Å². The van der Waals surface area contributed by atoms with Gasteiger partial charge in [0, 0.05) is 6.07 Å². The average Bonchev–Trinajstić information content (AvgIpc) is 2.87. The first kappa shape index (κ1) is 21.0. The number of fused-ring (bicyclic) bond motifs is 1. The topological polar surface area (TPSA) is 72.9 Å². The molecular weight excluding hydrogens is 411 g/mol. The molecule has 0 spiro atoms. The summed E-state index contributed by atoms with van der Waals surface area (Å²) < 4.78 is 76.9. The number of ether oxygens (including phenoxy) is 2. The van der Waals surface area contributed by atoms with E-state index < -0.39 is 40.2 Å². The zero-order chi connectivity index (χ0) is 21.4. The summed E-state index contributed by atoms with van der Waals surface area (Å²) in [7, 11) is -2.79. The van der Waals surface area contributed by atoms with E-state index in [4.69, 9.17) is 9.47 Å². The molecule has 1 aliphatic heterocycles. The number of nitrogens with zero attached hydrogens (tertiary/aromatic N) is 1. The highest BCUT2D eigenvalue weighted by atomic mass is 32.2. The summed E-state index contributed by atoms with van der Waals surface area (Å²) in [5, 5.41) is 0. The molecule has 6 nitrogen and oxygen atoms in total. The van der Waals surface area contributed by atoms with E-state index in [0.717, 1.165) is 16.4 Å². The van der Waals surface area contributed by atoms with Crippen molar-refractivity contribution in [3.63, 3.8) is 0 Å². The smallest absolute Gasteiger partial charge is 0.416 e. The molecule has 0 amide bonds. The van der Waals surface area contributed by atoms with E-state index in [-0.39, 0.29) is 22.8 Å². The van der Waals surface area contributed by atoms with Gasteiger partial charge in [-0.2, -0.15) is 13.2 Å². The SMILES string of the molecule is CCOC(=O)C[C@H]1c2cc(C(F)(F)F)ccc2S(=O)(=O)N1c1cccc(OC)c1. The highest BCUT2D eigenvalue weighted by Gasteiger charge is 2.45. The summed E-state index contributed by atoms with van der Waals surface area (Å²) in [5.41, 5.74) is -0.924. The van der Waals surface area contributed by atoms with E-state index in [9.17, 15) is 26.4 Å². The first-order valence-corrected chi connectivity index (χ1v) is 10.1. The van der Waals surface area contributed by atoms with Crippen LogP contribution in [0.5, 0.6) is 5.75 Å². The number of esters is 1. The molecule has 29 heavy (non-hydrogen) atoms. The molecule has 2 aromatic carbocycles. The largest absolute Gasteiger partial charge is 0.497 e. The maximum absolute atomic E-state index is 13.2. The summed E-state index contributed by atoms with van der Waals surface area (Å²) in [4.78, 5) is 11.8. The van der Waals surface area contributed by atoms with E-state index in [1.165, 1.54) is 19.2 Å². The minimum atomic E-state index is -4.66. The second kappa shape index (κ2) is 7.58.